The quantitative estimate of drug-likeness (QED) is 0.865. The maximum atomic E-state index is 12.6. The standard InChI is InChI=1S/C17H29NO3/c1-13(11-14-7-4-3-5-8-14)15(19)18-10-6-9-17(2,12-18)16(20)21/h13-14H,3-12H2,1-2H3,(H,20,21). The Morgan fingerprint density at radius 2 is 1.90 bits per heavy atom. The number of rotatable bonds is 4. The summed E-state index contributed by atoms with van der Waals surface area (Å²) in [4.78, 5) is 25.8. The fourth-order valence-corrected chi connectivity index (χ4v) is 3.94. The summed E-state index contributed by atoms with van der Waals surface area (Å²) in [5.41, 5.74) is -0.765. The van der Waals surface area contributed by atoms with Crippen molar-refractivity contribution in [1.82, 2.24) is 4.90 Å². The molecule has 1 N–H and O–H groups in total. The van der Waals surface area contributed by atoms with Gasteiger partial charge in [0.2, 0.25) is 5.91 Å². The highest BCUT2D eigenvalue weighted by Gasteiger charge is 2.40. The van der Waals surface area contributed by atoms with Crippen LogP contribution in [0.25, 0.3) is 0 Å². The molecule has 2 unspecified atom stereocenters. The van der Waals surface area contributed by atoms with Crippen LogP contribution in [0, 0.1) is 17.3 Å². The van der Waals surface area contributed by atoms with E-state index >= 15 is 0 Å². The SMILES string of the molecule is CC(CC1CCCCC1)C(=O)N1CCCC(C)(C(=O)O)C1. The summed E-state index contributed by atoms with van der Waals surface area (Å²) in [5.74, 6) is 0.102. The van der Waals surface area contributed by atoms with Crippen LogP contribution in [0.15, 0.2) is 0 Å². The van der Waals surface area contributed by atoms with Crippen LogP contribution in [0.1, 0.15) is 65.2 Å². The van der Waals surface area contributed by atoms with Crippen molar-refractivity contribution in [2.75, 3.05) is 13.1 Å². The van der Waals surface area contributed by atoms with Crippen LogP contribution >= 0.6 is 0 Å². The maximum Gasteiger partial charge on any atom is 0.311 e. The topological polar surface area (TPSA) is 57.6 Å². The van der Waals surface area contributed by atoms with Gasteiger partial charge in [-0.1, -0.05) is 39.0 Å². The number of carbonyl (C=O) groups is 2. The highest BCUT2D eigenvalue weighted by molar-refractivity contribution is 5.81. The second-order valence-corrected chi connectivity index (χ2v) is 7.37. The molecule has 0 bridgehead atoms. The van der Waals surface area contributed by atoms with E-state index in [1.54, 1.807) is 11.8 Å². The lowest BCUT2D eigenvalue weighted by molar-refractivity contribution is -0.154. The van der Waals surface area contributed by atoms with Gasteiger partial charge in [-0.25, -0.2) is 0 Å². The van der Waals surface area contributed by atoms with Gasteiger partial charge in [0.15, 0.2) is 0 Å². The molecule has 1 saturated heterocycles. The normalized spacial score (nSPS) is 29.1. The third-order valence-electron chi connectivity index (χ3n) is 5.36. The minimum absolute atomic E-state index is 0.0317. The molecule has 120 valence electrons. The van der Waals surface area contributed by atoms with Gasteiger partial charge in [0, 0.05) is 19.0 Å². The molecule has 0 aromatic carbocycles. The maximum absolute atomic E-state index is 12.6. The molecule has 1 aliphatic carbocycles. The van der Waals surface area contributed by atoms with Crippen LogP contribution in [0.4, 0.5) is 0 Å². The summed E-state index contributed by atoms with van der Waals surface area (Å²) in [5, 5.41) is 9.36. The zero-order valence-corrected chi connectivity index (χ0v) is 13.4. The van der Waals surface area contributed by atoms with Gasteiger partial charge in [0.25, 0.3) is 0 Å². The molecule has 2 fully saturated rings. The highest BCUT2D eigenvalue weighted by Crippen LogP contribution is 2.33. The second-order valence-electron chi connectivity index (χ2n) is 7.37. The number of carboxylic acids is 1. The van der Waals surface area contributed by atoms with Gasteiger partial charge in [-0.3, -0.25) is 9.59 Å². The van der Waals surface area contributed by atoms with Gasteiger partial charge in [-0.05, 0) is 32.1 Å². The molecule has 1 aliphatic heterocycles. The summed E-state index contributed by atoms with van der Waals surface area (Å²) in [7, 11) is 0. The minimum Gasteiger partial charge on any atom is -0.481 e. The Hall–Kier alpha value is -1.06. The smallest absolute Gasteiger partial charge is 0.311 e. The van der Waals surface area contributed by atoms with Crippen molar-refractivity contribution in [2.24, 2.45) is 17.3 Å². The molecule has 1 saturated carbocycles. The molecule has 2 rings (SSSR count). The average Bonchev–Trinajstić information content (AvgIpc) is 2.47. The first-order valence-electron chi connectivity index (χ1n) is 8.44. The number of aliphatic carboxylic acids is 1. The third kappa shape index (κ3) is 3.98. The van der Waals surface area contributed by atoms with Gasteiger partial charge in [0.1, 0.15) is 0 Å². The lowest BCUT2D eigenvalue weighted by atomic mass is 9.80. The van der Waals surface area contributed by atoms with Gasteiger partial charge in [-0.15, -0.1) is 0 Å². The zero-order valence-electron chi connectivity index (χ0n) is 13.4. The molecule has 4 heteroatoms. The van der Waals surface area contributed by atoms with Crippen LogP contribution in [0.3, 0.4) is 0 Å². The van der Waals surface area contributed by atoms with Gasteiger partial charge in [-0.2, -0.15) is 0 Å². The van der Waals surface area contributed by atoms with Crippen molar-refractivity contribution in [3.63, 3.8) is 0 Å². The third-order valence-corrected chi connectivity index (χ3v) is 5.36. The molecule has 21 heavy (non-hydrogen) atoms. The fraction of sp³-hybridized carbons (Fsp3) is 0.882. The number of carboxylic acid groups (broad SMARTS) is 1. The number of nitrogens with zero attached hydrogens (tertiary/aromatic N) is 1. The van der Waals surface area contributed by atoms with E-state index in [0.717, 1.165) is 19.4 Å². The summed E-state index contributed by atoms with van der Waals surface area (Å²) in [6, 6.07) is 0. The average molecular weight is 295 g/mol. The Morgan fingerprint density at radius 3 is 2.52 bits per heavy atom. The first-order valence-corrected chi connectivity index (χ1v) is 8.44. The molecule has 1 heterocycles. The lowest BCUT2D eigenvalue weighted by Crippen LogP contribution is -2.49. The molecular formula is C17H29NO3. The predicted molar refractivity (Wildman–Crippen MR) is 81.9 cm³/mol. The van der Waals surface area contributed by atoms with Gasteiger partial charge in [0.05, 0.1) is 5.41 Å². The van der Waals surface area contributed by atoms with Crippen LogP contribution in [-0.4, -0.2) is 35.0 Å². The van der Waals surface area contributed by atoms with E-state index in [0.29, 0.717) is 18.9 Å². The van der Waals surface area contributed by atoms with Crippen molar-refractivity contribution >= 4 is 11.9 Å². The van der Waals surface area contributed by atoms with E-state index in [-0.39, 0.29) is 11.8 Å². The molecule has 0 spiro atoms. The molecule has 2 atom stereocenters. The largest absolute Gasteiger partial charge is 0.481 e. The number of amides is 1. The van der Waals surface area contributed by atoms with Crippen molar-refractivity contribution < 1.29 is 14.7 Å². The molecule has 0 aromatic rings. The van der Waals surface area contributed by atoms with Gasteiger partial charge < -0.3 is 10.0 Å². The summed E-state index contributed by atoms with van der Waals surface area (Å²) in [6.45, 7) is 4.87. The number of hydrogen-bond donors (Lipinski definition) is 1. The summed E-state index contributed by atoms with van der Waals surface area (Å²) in [6.07, 6.45) is 8.88. The van der Waals surface area contributed by atoms with Crippen molar-refractivity contribution in [3.8, 4) is 0 Å². The molecule has 1 amide bonds. The fourth-order valence-electron chi connectivity index (χ4n) is 3.94. The van der Waals surface area contributed by atoms with E-state index in [4.69, 9.17) is 0 Å². The Kier molecular flexibility index (Phi) is 5.28. The first kappa shape index (κ1) is 16.3. The lowest BCUT2D eigenvalue weighted by Gasteiger charge is -2.39. The van der Waals surface area contributed by atoms with Gasteiger partial charge >= 0.3 is 5.97 Å². The summed E-state index contributed by atoms with van der Waals surface area (Å²) >= 11 is 0. The number of likely N-dealkylation sites (tertiary alicyclic amines) is 1. The van der Waals surface area contributed by atoms with E-state index in [9.17, 15) is 14.7 Å². The minimum atomic E-state index is -0.778. The molecule has 2 aliphatic rings. The van der Waals surface area contributed by atoms with Crippen LogP contribution < -0.4 is 0 Å². The van der Waals surface area contributed by atoms with Crippen molar-refractivity contribution in [2.45, 2.75) is 65.2 Å². The zero-order chi connectivity index (χ0) is 15.5. The Morgan fingerprint density at radius 1 is 1.24 bits per heavy atom. The van der Waals surface area contributed by atoms with Crippen LogP contribution in [0.5, 0.6) is 0 Å². The first-order chi connectivity index (χ1) is 9.92. The highest BCUT2D eigenvalue weighted by atomic mass is 16.4. The Bertz CT molecular complexity index is 389. The van der Waals surface area contributed by atoms with Crippen LogP contribution in [-0.2, 0) is 9.59 Å². The number of carbonyl (C=O) groups excluding carboxylic acids is 1. The van der Waals surface area contributed by atoms with E-state index in [1.165, 1.54) is 32.1 Å². The Labute approximate surface area is 127 Å². The monoisotopic (exact) mass is 295 g/mol. The number of hydrogen-bond acceptors (Lipinski definition) is 2. The molecule has 4 nitrogen and oxygen atoms in total. The van der Waals surface area contributed by atoms with Crippen molar-refractivity contribution in [1.29, 1.82) is 0 Å². The van der Waals surface area contributed by atoms with E-state index in [1.807, 2.05) is 6.92 Å². The van der Waals surface area contributed by atoms with Crippen molar-refractivity contribution in [3.05, 3.63) is 0 Å². The van der Waals surface area contributed by atoms with Crippen LogP contribution in [0.2, 0.25) is 0 Å². The second kappa shape index (κ2) is 6.80. The summed E-state index contributed by atoms with van der Waals surface area (Å²) < 4.78 is 0. The number of piperidine rings is 1. The molecular weight excluding hydrogens is 266 g/mol. The molecule has 0 aromatic heterocycles. The van der Waals surface area contributed by atoms with E-state index in [2.05, 4.69) is 0 Å². The predicted octanol–water partition coefficient (Wildman–Crippen LogP) is 3.31. The molecule has 0 radical (unpaired) electrons. The van der Waals surface area contributed by atoms with E-state index < -0.39 is 11.4 Å². The Balaban J connectivity index is 1.90.